The molecule has 0 aliphatic rings. The van der Waals surface area contributed by atoms with Crippen molar-refractivity contribution >= 4 is 8.60 Å². The Morgan fingerprint density at radius 1 is 0.347 bits per heavy atom. The Balaban J connectivity index is 1.12. The lowest BCUT2D eigenvalue weighted by molar-refractivity contribution is 0.390. The van der Waals surface area contributed by atoms with Crippen molar-refractivity contribution < 1.29 is 13.6 Å². The Hall–Kier alpha value is -8.76. The molecular weight excluding hydrogens is 936 g/mol. The van der Waals surface area contributed by atoms with E-state index in [-0.39, 0.29) is 0 Å². The van der Waals surface area contributed by atoms with Crippen molar-refractivity contribution in [2.45, 2.75) is 39.5 Å². The number of hydrogen-bond acceptors (Lipinski definition) is 4. The second-order valence-corrected chi connectivity index (χ2v) is 20.2. The van der Waals surface area contributed by atoms with Crippen molar-refractivity contribution in [3.8, 4) is 101 Å². The minimum atomic E-state index is -2.32. The average molecular weight is 993 g/mol. The third kappa shape index (κ3) is 10.6. The number of para-hydroxylation sites is 1. The molecule has 0 saturated carbocycles. The molecule has 5 nitrogen and oxygen atoms in total. The van der Waals surface area contributed by atoms with E-state index >= 15 is 0 Å². The van der Waals surface area contributed by atoms with Crippen molar-refractivity contribution in [3.05, 3.63) is 272 Å². The standard InChI is InChI=1S/C69H57N2O3P/c1-48(2)60-39-24-40-61(49(3)4)66(60)71-42-41-70-69(71)56-37-23-38-59(43-56)72-75(73-67-62(52-29-15-7-16-30-52)44-57(50-25-11-5-12-26-50)45-63(67)53-31-17-8-18-32-53)74-68-64(54-33-19-9-20-34-54)46-58(51-27-13-6-14-28-51)47-65(68)55-35-21-10-22-36-55/h5-49H,1-4H3. The van der Waals surface area contributed by atoms with Gasteiger partial charge in [-0.15, -0.1) is 0 Å². The molecule has 11 aromatic rings. The lowest BCUT2D eigenvalue weighted by Gasteiger charge is -2.25. The molecule has 0 amide bonds. The highest BCUT2D eigenvalue weighted by atomic mass is 31.2. The van der Waals surface area contributed by atoms with E-state index in [0.29, 0.717) is 29.1 Å². The van der Waals surface area contributed by atoms with Crippen LogP contribution in [0.1, 0.15) is 50.7 Å². The first-order valence-corrected chi connectivity index (χ1v) is 26.8. The van der Waals surface area contributed by atoms with Crippen molar-refractivity contribution in [1.29, 1.82) is 0 Å². The van der Waals surface area contributed by atoms with Crippen LogP contribution >= 0.6 is 8.60 Å². The highest BCUT2D eigenvalue weighted by Crippen LogP contribution is 2.54. The SMILES string of the molecule is CC(C)c1cccc(C(C)C)c1-n1ccnc1-c1cccc(OP(Oc2c(-c3ccccc3)cc(-c3ccccc3)cc2-c2ccccc2)Oc2c(-c3ccccc3)cc(-c3ccccc3)cc2-c2ccccc2)c1. The van der Waals surface area contributed by atoms with Gasteiger partial charge >= 0.3 is 8.60 Å². The van der Waals surface area contributed by atoms with Crippen LogP contribution in [-0.2, 0) is 0 Å². The zero-order chi connectivity index (χ0) is 51.1. The smallest absolute Gasteiger partial charge is 0.408 e. The minimum Gasteiger partial charge on any atom is -0.408 e. The van der Waals surface area contributed by atoms with Gasteiger partial charge in [-0.3, -0.25) is 4.57 Å². The van der Waals surface area contributed by atoms with Gasteiger partial charge in [0.05, 0.1) is 5.69 Å². The van der Waals surface area contributed by atoms with Gasteiger partial charge in [0.2, 0.25) is 0 Å². The van der Waals surface area contributed by atoms with E-state index in [9.17, 15) is 0 Å². The fraction of sp³-hybridized carbons (Fsp3) is 0.0870. The number of aromatic nitrogens is 2. The first-order valence-electron chi connectivity index (χ1n) is 25.7. The summed E-state index contributed by atoms with van der Waals surface area (Å²) in [6, 6.07) is 86.5. The summed E-state index contributed by atoms with van der Waals surface area (Å²) >= 11 is 0. The summed E-state index contributed by atoms with van der Waals surface area (Å²) in [7, 11) is -2.32. The summed E-state index contributed by atoms with van der Waals surface area (Å²) in [5.41, 5.74) is 16.5. The second-order valence-electron chi connectivity index (χ2n) is 19.2. The summed E-state index contributed by atoms with van der Waals surface area (Å²) in [5, 5.41) is 0. The second kappa shape index (κ2) is 22.2. The summed E-state index contributed by atoms with van der Waals surface area (Å²) in [5.74, 6) is 3.26. The number of hydrogen-bond donors (Lipinski definition) is 0. The van der Waals surface area contributed by atoms with Gasteiger partial charge in [0.15, 0.2) is 0 Å². The zero-order valence-corrected chi connectivity index (χ0v) is 43.4. The lowest BCUT2D eigenvalue weighted by atomic mass is 9.92. The highest BCUT2D eigenvalue weighted by molar-refractivity contribution is 7.43. The Bertz CT molecular complexity index is 3360. The van der Waals surface area contributed by atoms with Crippen LogP contribution in [-0.4, -0.2) is 9.55 Å². The van der Waals surface area contributed by atoms with Crippen LogP contribution in [0.2, 0.25) is 0 Å². The zero-order valence-electron chi connectivity index (χ0n) is 42.5. The Kier molecular flexibility index (Phi) is 14.3. The van der Waals surface area contributed by atoms with Gasteiger partial charge in [-0.25, -0.2) is 4.98 Å². The summed E-state index contributed by atoms with van der Waals surface area (Å²) in [4.78, 5) is 5.02. The molecule has 0 saturated heterocycles. The Morgan fingerprint density at radius 2 is 0.693 bits per heavy atom. The molecule has 366 valence electrons. The fourth-order valence-electron chi connectivity index (χ4n) is 9.85. The molecule has 6 heteroatoms. The number of imidazole rings is 1. The van der Waals surface area contributed by atoms with Crippen LogP contribution in [0.15, 0.2) is 261 Å². The fourth-order valence-corrected chi connectivity index (χ4v) is 10.9. The lowest BCUT2D eigenvalue weighted by Crippen LogP contribution is -2.08. The van der Waals surface area contributed by atoms with Crippen LogP contribution in [0.25, 0.3) is 83.8 Å². The molecule has 0 radical (unpaired) electrons. The molecule has 0 bridgehead atoms. The molecule has 0 fully saturated rings. The molecule has 0 spiro atoms. The Labute approximate surface area is 442 Å². The maximum Gasteiger partial charge on any atom is 0.530 e. The minimum absolute atomic E-state index is 0.299. The molecule has 1 aromatic heterocycles. The van der Waals surface area contributed by atoms with Crippen LogP contribution in [0, 0.1) is 0 Å². The van der Waals surface area contributed by atoms with Crippen LogP contribution in [0.3, 0.4) is 0 Å². The molecule has 75 heavy (non-hydrogen) atoms. The predicted octanol–water partition coefficient (Wildman–Crippen LogP) is 19.6. The van der Waals surface area contributed by atoms with Gasteiger partial charge in [-0.05, 0) is 104 Å². The maximum atomic E-state index is 7.59. The molecule has 0 atom stereocenters. The molecule has 0 unspecified atom stereocenters. The monoisotopic (exact) mass is 992 g/mol. The molecule has 1 heterocycles. The van der Waals surface area contributed by atoms with Gasteiger partial charge in [-0.2, -0.15) is 0 Å². The molecule has 0 aliphatic heterocycles. The van der Waals surface area contributed by atoms with Gasteiger partial charge in [-0.1, -0.05) is 240 Å². The largest absolute Gasteiger partial charge is 0.530 e. The van der Waals surface area contributed by atoms with Crippen molar-refractivity contribution in [1.82, 2.24) is 9.55 Å². The van der Waals surface area contributed by atoms with E-state index in [4.69, 9.17) is 18.6 Å². The number of rotatable bonds is 16. The van der Waals surface area contributed by atoms with E-state index < -0.39 is 8.60 Å². The third-order valence-electron chi connectivity index (χ3n) is 13.6. The quantitative estimate of drug-likeness (QED) is 0.0905. The van der Waals surface area contributed by atoms with Gasteiger partial charge in [0, 0.05) is 40.2 Å². The van der Waals surface area contributed by atoms with Crippen LogP contribution < -0.4 is 13.6 Å². The van der Waals surface area contributed by atoms with Crippen LogP contribution in [0.4, 0.5) is 0 Å². The van der Waals surface area contributed by atoms with Crippen molar-refractivity contribution in [2.75, 3.05) is 0 Å². The average Bonchev–Trinajstić information content (AvgIpc) is 3.97. The van der Waals surface area contributed by atoms with E-state index in [1.165, 1.54) is 11.1 Å². The highest BCUT2D eigenvalue weighted by Gasteiger charge is 2.30. The topological polar surface area (TPSA) is 45.5 Å². The molecule has 0 aliphatic carbocycles. The van der Waals surface area contributed by atoms with Gasteiger partial charge in [0.25, 0.3) is 0 Å². The molecule has 11 rings (SSSR count). The van der Waals surface area contributed by atoms with E-state index in [2.05, 4.69) is 251 Å². The molecular formula is C69H57N2O3P. The summed E-state index contributed by atoms with van der Waals surface area (Å²) < 4.78 is 24.7. The van der Waals surface area contributed by atoms with Gasteiger partial charge in [0.1, 0.15) is 23.1 Å². The van der Waals surface area contributed by atoms with E-state index in [0.717, 1.165) is 83.8 Å². The van der Waals surface area contributed by atoms with Crippen molar-refractivity contribution in [2.24, 2.45) is 0 Å². The van der Waals surface area contributed by atoms with E-state index in [1.807, 2.05) is 42.6 Å². The normalized spacial score (nSPS) is 11.3. The first kappa shape index (κ1) is 48.5. The molecule has 10 aromatic carbocycles. The van der Waals surface area contributed by atoms with Crippen molar-refractivity contribution in [3.63, 3.8) is 0 Å². The number of benzene rings is 10. The van der Waals surface area contributed by atoms with Gasteiger partial charge < -0.3 is 13.6 Å². The van der Waals surface area contributed by atoms with E-state index in [1.54, 1.807) is 0 Å². The maximum absolute atomic E-state index is 7.59. The summed E-state index contributed by atoms with van der Waals surface area (Å²) in [6.45, 7) is 9.00. The Morgan fingerprint density at radius 3 is 1.07 bits per heavy atom. The third-order valence-corrected chi connectivity index (χ3v) is 14.6. The number of nitrogens with zero attached hydrogens (tertiary/aromatic N) is 2. The predicted molar refractivity (Wildman–Crippen MR) is 311 cm³/mol. The molecule has 0 N–H and O–H groups in total. The summed E-state index contributed by atoms with van der Waals surface area (Å²) in [6.07, 6.45) is 3.95. The van der Waals surface area contributed by atoms with Crippen LogP contribution in [0.5, 0.6) is 17.2 Å². The first-order chi connectivity index (χ1) is 36.9.